The van der Waals surface area contributed by atoms with Gasteiger partial charge in [0.05, 0.1) is 6.04 Å². The number of anilines is 4. The van der Waals surface area contributed by atoms with Crippen LogP contribution in [0.4, 0.5) is 27.4 Å². The Bertz CT molecular complexity index is 1030. The molecule has 8 nitrogen and oxygen atoms in total. The summed E-state index contributed by atoms with van der Waals surface area (Å²) in [4.78, 5) is 24.1. The van der Waals surface area contributed by atoms with Gasteiger partial charge >= 0.3 is 0 Å². The van der Waals surface area contributed by atoms with Gasteiger partial charge in [0.15, 0.2) is 5.13 Å². The molecule has 10 heteroatoms. The van der Waals surface area contributed by atoms with Crippen LogP contribution in [0.15, 0.2) is 30.5 Å². The van der Waals surface area contributed by atoms with Gasteiger partial charge < -0.3 is 15.1 Å². The van der Waals surface area contributed by atoms with Crippen LogP contribution in [0.3, 0.4) is 0 Å². The SMILES string of the molecule is CC(C)c1cnc(Nc2nc(N[C@H](C)c3ccc(F)cc3)nc(N3CCN(C)CC3)n2)s1. The molecule has 1 atom stereocenters. The molecule has 0 unspecified atom stereocenters. The van der Waals surface area contributed by atoms with Crippen LogP contribution < -0.4 is 15.5 Å². The van der Waals surface area contributed by atoms with E-state index in [0.717, 1.165) is 36.9 Å². The van der Waals surface area contributed by atoms with Crippen LogP contribution >= 0.6 is 11.3 Å². The molecule has 3 aromatic rings. The van der Waals surface area contributed by atoms with E-state index < -0.39 is 0 Å². The minimum Gasteiger partial charge on any atom is -0.348 e. The van der Waals surface area contributed by atoms with Crippen LogP contribution in [0.1, 0.15) is 43.2 Å². The molecule has 0 saturated carbocycles. The van der Waals surface area contributed by atoms with Gasteiger partial charge in [-0.25, -0.2) is 9.37 Å². The maximum atomic E-state index is 13.3. The Balaban J connectivity index is 1.59. The predicted molar refractivity (Wildman–Crippen MR) is 127 cm³/mol. The summed E-state index contributed by atoms with van der Waals surface area (Å²) < 4.78 is 13.3. The number of nitrogens with one attached hydrogen (secondary N) is 2. The lowest BCUT2D eigenvalue weighted by molar-refractivity contribution is 0.311. The minimum atomic E-state index is -0.255. The molecule has 1 saturated heterocycles. The molecule has 1 aliphatic heterocycles. The molecule has 0 radical (unpaired) electrons. The van der Waals surface area contributed by atoms with Gasteiger partial charge in [-0.2, -0.15) is 15.0 Å². The van der Waals surface area contributed by atoms with E-state index in [1.165, 1.54) is 17.0 Å². The van der Waals surface area contributed by atoms with Gasteiger partial charge in [-0.15, -0.1) is 11.3 Å². The van der Waals surface area contributed by atoms with Crippen molar-refractivity contribution in [3.63, 3.8) is 0 Å². The van der Waals surface area contributed by atoms with Gasteiger partial charge in [-0.05, 0) is 37.6 Å². The molecule has 0 spiro atoms. The van der Waals surface area contributed by atoms with Crippen molar-refractivity contribution in [2.24, 2.45) is 0 Å². The van der Waals surface area contributed by atoms with Crippen molar-refractivity contribution in [3.05, 3.63) is 46.7 Å². The summed E-state index contributed by atoms with van der Waals surface area (Å²) in [7, 11) is 2.11. The first kappa shape index (κ1) is 22.3. The monoisotopic (exact) mass is 456 g/mol. The average molecular weight is 457 g/mol. The summed E-state index contributed by atoms with van der Waals surface area (Å²) in [6.45, 7) is 9.88. The first-order chi connectivity index (χ1) is 15.4. The number of benzene rings is 1. The summed E-state index contributed by atoms with van der Waals surface area (Å²) in [5.74, 6) is 1.71. The number of halogens is 1. The first-order valence-corrected chi connectivity index (χ1v) is 11.6. The second kappa shape index (κ2) is 9.74. The number of likely N-dealkylation sites (N-methyl/N-ethyl adjacent to an activating group) is 1. The van der Waals surface area contributed by atoms with Crippen molar-refractivity contribution >= 4 is 34.3 Å². The number of piperazine rings is 1. The van der Waals surface area contributed by atoms with Crippen molar-refractivity contribution in [2.75, 3.05) is 48.8 Å². The first-order valence-electron chi connectivity index (χ1n) is 10.8. The van der Waals surface area contributed by atoms with E-state index >= 15 is 0 Å². The van der Waals surface area contributed by atoms with E-state index in [1.54, 1.807) is 23.5 Å². The highest BCUT2D eigenvalue weighted by molar-refractivity contribution is 7.15. The molecular weight excluding hydrogens is 427 g/mol. The van der Waals surface area contributed by atoms with Crippen LogP contribution in [-0.4, -0.2) is 58.1 Å². The Morgan fingerprint density at radius 3 is 2.31 bits per heavy atom. The Labute approximate surface area is 191 Å². The number of thiazole rings is 1. The fourth-order valence-electron chi connectivity index (χ4n) is 3.37. The predicted octanol–water partition coefficient (Wildman–Crippen LogP) is 4.26. The summed E-state index contributed by atoms with van der Waals surface area (Å²) in [5.41, 5.74) is 0.948. The number of aromatic nitrogens is 4. The van der Waals surface area contributed by atoms with E-state index in [9.17, 15) is 4.39 Å². The molecule has 1 fully saturated rings. The van der Waals surface area contributed by atoms with Crippen molar-refractivity contribution in [1.82, 2.24) is 24.8 Å². The largest absolute Gasteiger partial charge is 0.348 e. The Kier molecular flexibility index (Phi) is 6.80. The van der Waals surface area contributed by atoms with E-state index in [-0.39, 0.29) is 11.9 Å². The molecule has 1 aromatic carbocycles. The Morgan fingerprint density at radius 1 is 0.969 bits per heavy atom. The zero-order valence-electron chi connectivity index (χ0n) is 18.8. The van der Waals surface area contributed by atoms with Crippen molar-refractivity contribution in [2.45, 2.75) is 32.7 Å². The van der Waals surface area contributed by atoms with Gasteiger partial charge in [-0.1, -0.05) is 26.0 Å². The average Bonchev–Trinajstić information content (AvgIpc) is 3.23. The van der Waals surface area contributed by atoms with Crippen LogP contribution in [-0.2, 0) is 0 Å². The second-order valence-electron chi connectivity index (χ2n) is 8.34. The third kappa shape index (κ3) is 5.49. The molecule has 32 heavy (non-hydrogen) atoms. The van der Waals surface area contributed by atoms with Gasteiger partial charge in [-0.3, -0.25) is 5.32 Å². The highest BCUT2D eigenvalue weighted by atomic mass is 32.1. The van der Waals surface area contributed by atoms with E-state index in [4.69, 9.17) is 0 Å². The fraction of sp³-hybridized carbons (Fsp3) is 0.455. The summed E-state index contributed by atoms with van der Waals surface area (Å²) in [5, 5.41) is 7.34. The second-order valence-corrected chi connectivity index (χ2v) is 9.40. The van der Waals surface area contributed by atoms with E-state index in [0.29, 0.717) is 23.8 Å². The maximum absolute atomic E-state index is 13.3. The molecule has 0 aliphatic carbocycles. The summed E-state index contributed by atoms with van der Waals surface area (Å²) >= 11 is 1.60. The molecular formula is C22H29FN8S. The maximum Gasteiger partial charge on any atom is 0.235 e. The van der Waals surface area contributed by atoms with E-state index in [2.05, 4.69) is 61.3 Å². The number of rotatable bonds is 7. The third-order valence-electron chi connectivity index (χ3n) is 5.44. The van der Waals surface area contributed by atoms with Gasteiger partial charge in [0.25, 0.3) is 0 Å². The normalized spacial score (nSPS) is 15.8. The van der Waals surface area contributed by atoms with Crippen LogP contribution in [0.2, 0.25) is 0 Å². The van der Waals surface area contributed by atoms with Crippen LogP contribution in [0.25, 0.3) is 0 Å². The smallest absolute Gasteiger partial charge is 0.235 e. The number of hydrogen-bond donors (Lipinski definition) is 2. The lowest BCUT2D eigenvalue weighted by Gasteiger charge is -2.32. The molecule has 2 N–H and O–H groups in total. The topological polar surface area (TPSA) is 82.1 Å². The quantitative estimate of drug-likeness (QED) is 0.546. The molecule has 170 valence electrons. The number of nitrogens with zero attached hydrogens (tertiary/aromatic N) is 6. The van der Waals surface area contributed by atoms with Crippen LogP contribution in [0.5, 0.6) is 0 Å². The molecule has 3 heterocycles. The lowest BCUT2D eigenvalue weighted by atomic mass is 10.1. The molecule has 4 rings (SSSR count). The molecule has 1 aliphatic rings. The number of hydrogen-bond acceptors (Lipinski definition) is 9. The summed E-state index contributed by atoms with van der Waals surface area (Å²) in [6, 6.07) is 6.34. The van der Waals surface area contributed by atoms with Gasteiger partial charge in [0.2, 0.25) is 17.8 Å². The van der Waals surface area contributed by atoms with Gasteiger partial charge in [0, 0.05) is 37.3 Å². The standard InChI is InChI=1S/C22H29FN8S/c1-14(2)18-13-24-22(32-18)29-20-26-19(25-15(3)16-5-7-17(23)8-6-16)27-21(28-20)31-11-9-30(4)10-12-31/h5-8,13-15H,9-12H2,1-4H3,(H2,24,25,26,27,28,29)/t15-/m1/s1. The van der Waals surface area contributed by atoms with Gasteiger partial charge in [0.1, 0.15) is 5.82 Å². The minimum absolute atomic E-state index is 0.0985. The third-order valence-corrected chi connectivity index (χ3v) is 6.65. The molecule has 0 bridgehead atoms. The highest BCUT2D eigenvalue weighted by Gasteiger charge is 2.20. The van der Waals surface area contributed by atoms with Crippen LogP contribution in [0, 0.1) is 5.82 Å². The van der Waals surface area contributed by atoms with Crippen molar-refractivity contribution in [3.8, 4) is 0 Å². The fourth-order valence-corrected chi connectivity index (χ4v) is 4.18. The highest BCUT2D eigenvalue weighted by Crippen LogP contribution is 2.28. The van der Waals surface area contributed by atoms with Crippen molar-refractivity contribution < 1.29 is 4.39 Å². The molecule has 0 amide bonds. The van der Waals surface area contributed by atoms with Crippen molar-refractivity contribution in [1.29, 1.82) is 0 Å². The lowest BCUT2D eigenvalue weighted by Crippen LogP contribution is -2.45. The zero-order chi connectivity index (χ0) is 22.7. The Morgan fingerprint density at radius 2 is 1.66 bits per heavy atom. The summed E-state index contributed by atoms with van der Waals surface area (Å²) in [6.07, 6.45) is 1.88. The molecule has 2 aromatic heterocycles. The Hall–Kier alpha value is -2.85. The van der Waals surface area contributed by atoms with E-state index in [1.807, 2.05) is 13.1 Å². The zero-order valence-corrected chi connectivity index (χ0v) is 19.7.